The van der Waals surface area contributed by atoms with Gasteiger partial charge in [-0.2, -0.15) is 0 Å². The number of ketones is 1. The minimum absolute atomic E-state index is 0.0430. The van der Waals surface area contributed by atoms with E-state index < -0.39 is 18.1 Å². The van der Waals surface area contributed by atoms with E-state index in [0.29, 0.717) is 19.4 Å². The summed E-state index contributed by atoms with van der Waals surface area (Å²) in [6.45, 7) is 17.9. The molecule has 8 heteroatoms. The summed E-state index contributed by atoms with van der Waals surface area (Å²) < 4.78 is 0. The number of unbranched alkanes of at least 4 members (excludes halogenated alkanes) is 1. The standard InChI is InChI=1S/C19H39N5O3.2C2H6/c1-12(2)11-16(23-19(27)17(13(3)4)24-21-6)18(26)22-15(14(5)25)9-7-8-10-20;2*1-2/h12-13,15-17,21,24H,7-11,20H2,1-6H3,(H,22,26)(H,23,27);2*1-2H3. The smallest absolute Gasteiger partial charge is 0.243 e. The van der Waals surface area contributed by atoms with Gasteiger partial charge in [-0.1, -0.05) is 55.4 Å². The Kier molecular flexibility index (Phi) is 23.9. The highest BCUT2D eigenvalue weighted by Crippen LogP contribution is 2.09. The van der Waals surface area contributed by atoms with Crippen LogP contribution in [-0.4, -0.2) is 49.3 Å². The molecule has 0 aliphatic heterocycles. The van der Waals surface area contributed by atoms with E-state index in [9.17, 15) is 14.4 Å². The van der Waals surface area contributed by atoms with Crippen LogP contribution in [0.5, 0.6) is 0 Å². The van der Waals surface area contributed by atoms with Crippen LogP contribution in [0.25, 0.3) is 0 Å². The molecule has 31 heavy (non-hydrogen) atoms. The molecular formula is C23H51N5O3. The lowest BCUT2D eigenvalue weighted by Crippen LogP contribution is -2.57. The number of nitrogens with one attached hydrogen (secondary N) is 4. The molecule has 6 N–H and O–H groups in total. The summed E-state index contributed by atoms with van der Waals surface area (Å²) in [5.74, 6) is -0.406. The van der Waals surface area contributed by atoms with Crippen LogP contribution in [0, 0.1) is 11.8 Å². The molecular weight excluding hydrogens is 394 g/mol. The number of hydrazine groups is 1. The minimum Gasteiger partial charge on any atom is -0.345 e. The molecule has 0 aliphatic rings. The highest BCUT2D eigenvalue weighted by molar-refractivity contribution is 5.93. The molecule has 3 atom stereocenters. The van der Waals surface area contributed by atoms with Gasteiger partial charge >= 0.3 is 0 Å². The van der Waals surface area contributed by atoms with E-state index in [1.807, 2.05) is 55.4 Å². The van der Waals surface area contributed by atoms with Crippen molar-refractivity contribution in [1.29, 1.82) is 0 Å². The summed E-state index contributed by atoms with van der Waals surface area (Å²) in [6, 6.07) is -1.70. The summed E-state index contributed by atoms with van der Waals surface area (Å²) in [5, 5.41) is 5.65. The van der Waals surface area contributed by atoms with Crippen LogP contribution in [0.15, 0.2) is 0 Å². The third-order valence-corrected chi connectivity index (χ3v) is 4.34. The van der Waals surface area contributed by atoms with Crippen molar-refractivity contribution in [2.75, 3.05) is 13.6 Å². The van der Waals surface area contributed by atoms with Crippen molar-refractivity contribution in [3.8, 4) is 0 Å². The second-order valence-corrected chi connectivity index (χ2v) is 7.76. The van der Waals surface area contributed by atoms with E-state index in [-0.39, 0.29) is 29.4 Å². The van der Waals surface area contributed by atoms with Crippen LogP contribution in [0.3, 0.4) is 0 Å². The number of amides is 2. The molecule has 186 valence electrons. The quantitative estimate of drug-likeness (QED) is 0.207. The van der Waals surface area contributed by atoms with E-state index in [4.69, 9.17) is 5.73 Å². The number of hydrogen-bond acceptors (Lipinski definition) is 6. The van der Waals surface area contributed by atoms with Gasteiger partial charge in [0.05, 0.1) is 6.04 Å². The summed E-state index contributed by atoms with van der Waals surface area (Å²) in [5.41, 5.74) is 11.2. The van der Waals surface area contributed by atoms with Crippen LogP contribution in [0.1, 0.15) is 88.0 Å². The minimum atomic E-state index is -0.686. The Balaban J connectivity index is -0.00000184. The van der Waals surface area contributed by atoms with Crippen molar-refractivity contribution in [1.82, 2.24) is 21.5 Å². The SMILES string of the molecule is CC.CC.CNNC(C(=O)NC(CC(C)C)C(=O)NC(CCCCN)C(C)=O)C(C)C. The van der Waals surface area contributed by atoms with Gasteiger partial charge in [0.15, 0.2) is 5.78 Å². The number of carbonyl (C=O) groups is 3. The Hall–Kier alpha value is -1.51. The molecule has 0 saturated carbocycles. The van der Waals surface area contributed by atoms with Gasteiger partial charge in [-0.3, -0.25) is 19.8 Å². The summed E-state index contributed by atoms with van der Waals surface area (Å²) in [7, 11) is 1.69. The van der Waals surface area contributed by atoms with Crippen molar-refractivity contribution in [2.24, 2.45) is 17.6 Å². The van der Waals surface area contributed by atoms with E-state index >= 15 is 0 Å². The van der Waals surface area contributed by atoms with Crippen molar-refractivity contribution < 1.29 is 14.4 Å². The molecule has 0 bridgehead atoms. The highest BCUT2D eigenvalue weighted by atomic mass is 16.2. The molecule has 0 aromatic rings. The topological polar surface area (TPSA) is 125 Å². The zero-order valence-electron chi connectivity index (χ0n) is 21.7. The molecule has 8 nitrogen and oxygen atoms in total. The average Bonchev–Trinajstić information content (AvgIpc) is 2.72. The Morgan fingerprint density at radius 3 is 1.74 bits per heavy atom. The Morgan fingerprint density at radius 1 is 0.839 bits per heavy atom. The third-order valence-electron chi connectivity index (χ3n) is 4.34. The molecule has 3 unspecified atom stereocenters. The van der Waals surface area contributed by atoms with E-state index in [0.717, 1.165) is 12.8 Å². The second kappa shape index (κ2) is 21.7. The van der Waals surface area contributed by atoms with Gasteiger partial charge in [-0.15, -0.1) is 0 Å². The molecule has 0 rings (SSSR count). The zero-order chi connectivity index (χ0) is 25.0. The lowest BCUT2D eigenvalue weighted by atomic mass is 9.99. The van der Waals surface area contributed by atoms with Crippen molar-refractivity contribution in [3.63, 3.8) is 0 Å². The fourth-order valence-electron chi connectivity index (χ4n) is 2.80. The number of rotatable bonds is 14. The monoisotopic (exact) mass is 445 g/mol. The van der Waals surface area contributed by atoms with E-state index in [1.54, 1.807) is 7.05 Å². The van der Waals surface area contributed by atoms with Crippen LogP contribution in [-0.2, 0) is 14.4 Å². The van der Waals surface area contributed by atoms with Gasteiger partial charge in [0.25, 0.3) is 0 Å². The van der Waals surface area contributed by atoms with Crippen molar-refractivity contribution in [3.05, 3.63) is 0 Å². The summed E-state index contributed by atoms with van der Waals surface area (Å²) in [4.78, 5) is 37.3. The predicted octanol–water partition coefficient (Wildman–Crippen LogP) is 2.52. The number of hydrogen-bond donors (Lipinski definition) is 5. The number of carbonyl (C=O) groups excluding carboxylic acids is 3. The van der Waals surface area contributed by atoms with E-state index in [2.05, 4.69) is 21.5 Å². The lowest BCUT2D eigenvalue weighted by molar-refractivity contribution is -0.132. The molecule has 0 aromatic carbocycles. The zero-order valence-corrected chi connectivity index (χ0v) is 21.7. The Morgan fingerprint density at radius 2 is 1.35 bits per heavy atom. The maximum atomic E-state index is 12.8. The summed E-state index contributed by atoms with van der Waals surface area (Å²) in [6.07, 6.45) is 2.62. The fraction of sp³-hybridized carbons (Fsp3) is 0.870. The molecule has 0 aliphatic carbocycles. The van der Waals surface area contributed by atoms with Crippen LogP contribution in [0.4, 0.5) is 0 Å². The van der Waals surface area contributed by atoms with Crippen molar-refractivity contribution in [2.45, 2.75) is 106 Å². The van der Waals surface area contributed by atoms with Crippen LogP contribution < -0.4 is 27.2 Å². The molecule has 0 fully saturated rings. The largest absolute Gasteiger partial charge is 0.345 e. The van der Waals surface area contributed by atoms with Gasteiger partial charge in [0.1, 0.15) is 12.1 Å². The molecule has 0 saturated heterocycles. The maximum absolute atomic E-state index is 12.8. The molecule has 0 radical (unpaired) electrons. The Labute approximate surface area is 191 Å². The molecule has 0 spiro atoms. The van der Waals surface area contributed by atoms with Crippen molar-refractivity contribution >= 4 is 17.6 Å². The average molecular weight is 446 g/mol. The lowest BCUT2D eigenvalue weighted by Gasteiger charge is -2.27. The first-order chi connectivity index (χ1) is 14.6. The van der Waals surface area contributed by atoms with Gasteiger partial charge in [-0.05, 0) is 58.0 Å². The first kappa shape index (κ1) is 34.1. The number of Topliss-reactive ketones (excluding diaryl/α,β-unsaturated/α-hetero) is 1. The molecule has 0 aromatic heterocycles. The summed E-state index contributed by atoms with van der Waals surface area (Å²) >= 11 is 0. The first-order valence-corrected chi connectivity index (χ1v) is 11.9. The number of nitrogens with two attached hydrogens (primary N) is 1. The van der Waals surface area contributed by atoms with Gasteiger partial charge in [0, 0.05) is 0 Å². The highest BCUT2D eigenvalue weighted by Gasteiger charge is 2.29. The Bertz CT molecular complexity index is 470. The van der Waals surface area contributed by atoms with Gasteiger partial charge in [0.2, 0.25) is 11.8 Å². The second-order valence-electron chi connectivity index (χ2n) is 7.76. The molecule has 0 heterocycles. The normalized spacial score (nSPS) is 13.2. The van der Waals surface area contributed by atoms with Crippen LogP contribution >= 0.6 is 0 Å². The van der Waals surface area contributed by atoms with Gasteiger partial charge in [-0.25, -0.2) is 5.43 Å². The fourth-order valence-corrected chi connectivity index (χ4v) is 2.80. The first-order valence-electron chi connectivity index (χ1n) is 11.9. The maximum Gasteiger partial charge on any atom is 0.243 e. The van der Waals surface area contributed by atoms with Gasteiger partial charge < -0.3 is 16.4 Å². The van der Waals surface area contributed by atoms with E-state index in [1.165, 1.54) is 6.92 Å². The molecule has 2 amide bonds. The predicted molar refractivity (Wildman–Crippen MR) is 130 cm³/mol. The van der Waals surface area contributed by atoms with Crippen LogP contribution in [0.2, 0.25) is 0 Å². The third kappa shape index (κ3) is 16.8.